The third-order valence-corrected chi connectivity index (χ3v) is 14.1. The van der Waals surface area contributed by atoms with Crippen LogP contribution in [0.2, 0.25) is 0 Å². The van der Waals surface area contributed by atoms with Crippen molar-refractivity contribution in [3.63, 3.8) is 0 Å². The van der Waals surface area contributed by atoms with Crippen molar-refractivity contribution < 1.29 is 14.4 Å². The molecule has 3 amide bonds. The predicted octanol–water partition coefficient (Wildman–Crippen LogP) is 5.66. The van der Waals surface area contributed by atoms with E-state index in [0.717, 1.165) is 99.3 Å². The first kappa shape index (κ1) is 40.3. The fourth-order valence-electron chi connectivity index (χ4n) is 10.5. The maximum absolute atomic E-state index is 13.1. The molecule has 1 atom stereocenters. The van der Waals surface area contributed by atoms with Gasteiger partial charge in [0.05, 0.1) is 17.8 Å². The van der Waals surface area contributed by atoms with Gasteiger partial charge in [0.2, 0.25) is 17.8 Å². The Hall–Kier alpha value is -5.08. The third kappa shape index (κ3) is 8.86. The second kappa shape index (κ2) is 17.9. The number of carbonyl (C=O) groups is 3. The molecule has 0 radical (unpaired) electrons. The van der Waals surface area contributed by atoms with Gasteiger partial charge in [-0.2, -0.15) is 4.98 Å². The van der Waals surface area contributed by atoms with E-state index >= 15 is 0 Å². The zero-order chi connectivity index (χ0) is 41.2. The highest BCUT2D eigenvalue weighted by molar-refractivity contribution is 6.01. The van der Waals surface area contributed by atoms with E-state index in [0.29, 0.717) is 30.3 Å². The molecule has 14 nitrogen and oxygen atoms in total. The number of piperazine rings is 1. The molecule has 4 aromatic rings. The maximum Gasteiger partial charge on any atom is 0.270 e. The molecule has 318 valence electrons. The topological polar surface area (TPSA) is 135 Å². The van der Waals surface area contributed by atoms with Crippen LogP contribution in [-0.4, -0.2) is 131 Å². The highest BCUT2D eigenvalue weighted by Gasteiger charge is 2.32. The lowest BCUT2D eigenvalue weighted by atomic mass is 9.78. The first-order chi connectivity index (χ1) is 29.3. The smallest absolute Gasteiger partial charge is 0.270 e. The molecule has 4 aliphatic heterocycles. The van der Waals surface area contributed by atoms with Gasteiger partial charge in [-0.1, -0.05) is 25.0 Å². The van der Waals surface area contributed by atoms with E-state index in [-0.39, 0.29) is 29.7 Å². The number of imide groups is 1. The van der Waals surface area contributed by atoms with E-state index < -0.39 is 0 Å². The lowest BCUT2D eigenvalue weighted by Crippen LogP contribution is -2.49. The summed E-state index contributed by atoms with van der Waals surface area (Å²) in [6.07, 6.45) is 14.3. The predicted molar refractivity (Wildman–Crippen MR) is 235 cm³/mol. The van der Waals surface area contributed by atoms with E-state index in [1.165, 1.54) is 57.3 Å². The highest BCUT2D eigenvalue weighted by Crippen LogP contribution is 2.36. The molecule has 1 aromatic carbocycles. The van der Waals surface area contributed by atoms with Gasteiger partial charge in [0.15, 0.2) is 0 Å². The van der Waals surface area contributed by atoms with Gasteiger partial charge >= 0.3 is 0 Å². The van der Waals surface area contributed by atoms with Gasteiger partial charge in [-0.3, -0.25) is 24.6 Å². The van der Waals surface area contributed by atoms with Crippen LogP contribution in [0.3, 0.4) is 0 Å². The zero-order valence-electron chi connectivity index (χ0n) is 35.4. The second-order valence-electron chi connectivity index (χ2n) is 18.0. The van der Waals surface area contributed by atoms with Crippen LogP contribution < -0.4 is 20.4 Å². The minimum Gasteiger partial charge on any atom is -0.372 e. The Morgan fingerprint density at radius 1 is 0.750 bits per heavy atom. The number of likely N-dealkylation sites (tertiary alicyclic amines) is 1. The number of pyridine rings is 1. The van der Waals surface area contributed by atoms with Crippen LogP contribution >= 0.6 is 0 Å². The molecule has 1 saturated carbocycles. The normalized spacial score (nSPS) is 21.8. The number of hydrogen-bond donors (Lipinski definition) is 2. The summed E-state index contributed by atoms with van der Waals surface area (Å²) in [7, 11) is 3.59. The molecule has 14 heteroatoms. The number of nitrogens with one attached hydrogen (secondary N) is 2. The molecule has 0 bridgehead atoms. The number of fused-ring (bicyclic) bond motifs is 1. The SMILES string of the molecule is CN(C)C(=O)c1cc2cnc(Nc3ccc(N4CCN(CCN5CCC(C6CCN(c7ccc(C8CCC(=O)NC8=O)cc7)CC6)CC5)CC4)cn3)nc2n1C1CCCC1. The van der Waals surface area contributed by atoms with Gasteiger partial charge in [-0.25, -0.2) is 9.97 Å². The summed E-state index contributed by atoms with van der Waals surface area (Å²) in [6.45, 7) is 11.0. The Bertz CT molecular complexity index is 2120. The molecule has 7 heterocycles. The molecular formula is C46H61N11O3. The van der Waals surface area contributed by atoms with Gasteiger partial charge in [-0.15, -0.1) is 0 Å². The second-order valence-corrected chi connectivity index (χ2v) is 18.0. The van der Waals surface area contributed by atoms with Crippen molar-refractivity contribution in [2.24, 2.45) is 11.8 Å². The van der Waals surface area contributed by atoms with Crippen LogP contribution in [0.4, 0.5) is 23.1 Å². The molecule has 4 saturated heterocycles. The van der Waals surface area contributed by atoms with Crippen LogP contribution in [0, 0.1) is 11.8 Å². The monoisotopic (exact) mass is 815 g/mol. The molecule has 1 aliphatic carbocycles. The van der Waals surface area contributed by atoms with E-state index in [2.05, 4.69) is 70.1 Å². The third-order valence-electron chi connectivity index (χ3n) is 14.1. The Morgan fingerprint density at radius 2 is 1.40 bits per heavy atom. The van der Waals surface area contributed by atoms with Crippen LogP contribution in [0.1, 0.15) is 92.2 Å². The summed E-state index contributed by atoms with van der Waals surface area (Å²) < 4.78 is 2.14. The van der Waals surface area contributed by atoms with E-state index in [4.69, 9.17) is 9.97 Å². The molecule has 2 N–H and O–H groups in total. The average molecular weight is 816 g/mol. The van der Waals surface area contributed by atoms with Crippen molar-refractivity contribution in [1.29, 1.82) is 0 Å². The molecule has 9 rings (SSSR count). The number of aromatic nitrogens is 4. The zero-order valence-corrected chi connectivity index (χ0v) is 35.4. The molecule has 3 aromatic heterocycles. The quantitative estimate of drug-likeness (QED) is 0.182. The van der Waals surface area contributed by atoms with E-state index in [9.17, 15) is 14.4 Å². The Balaban J connectivity index is 0.693. The van der Waals surface area contributed by atoms with Crippen LogP contribution in [0.15, 0.2) is 54.9 Å². The van der Waals surface area contributed by atoms with Crippen LogP contribution in [0.25, 0.3) is 11.0 Å². The van der Waals surface area contributed by atoms with Gasteiger partial charge < -0.3 is 29.5 Å². The van der Waals surface area contributed by atoms with Crippen molar-refractivity contribution >= 4 is 51.9 Å². The lowest BCUT2D eigenvalue weighted by Gasteiger charge is -2.41. The first-order valence-electron chi connectivity index (χ1n) is 22.5. The molecule has 0 spiro atoms. The van der Waals surface area contributed by atoms with E-state index in [1.807, 2.05) is 18.3 Å². The number of benzene rings is 1. The number of rotatable bonds is 11. The molecule has 5 fully saturated rings. The maximum atomic E-state index is 13.1. The average Bonchev–Trinajstić information content (AvgIpc) is 3.95. The van der Waals surface area contributed by atoms with Gasteiger partial charge in [0.1, 0.15) is 17.2 Å². The number of carbonyl (C=O) groups excluding carboxylic acids is 3. The molecule has 1 unspecified atom stereocenters. The summed E-state index contributed by atoms with van der Waals surface area (Å²) in [5, 5.41) is 6.67. The van der Waals surface area contributed by atoms with Crippen molar-refractivity contribution in [1.82, 2.24) is 39.5 Å². The fraction of sp³-hybridized carbons (Fsp3) is 0.565. The summed E-state index contributed by atoms with van der Waals surface area (Å²) >= 11 is 0. The number of nitrogens with zero attached hydrogens (tertiary/aromatic N) is 9. The first-order valence-corrected chi connectivity index (χ1v) is 22.5. The molecular weight excluding hydrogens is 755 g/mol. The summed E-state index contributed by atoms with van der Waals surface area (Å²) in [6, 6.07) is 14.8. The van der Waals surface area contributed by atoms with Crippen LogP contribution in [-0.2, 0) is 9.59 Å². The molecule has 60 heavy (non-hydrogen) atoms. The standard InChI is InChI=1S/C46H61N11O3/c1-52(2)45(60)40-29-35-30-48-46(51-43(35)57(40)37-5-3-4-6-37)49-41-13-11-38(31-47-41)56-27-25-54(26-28-56)24-23-53-19-15-32(16-20-53)33-17-21-55(22-18-33)36-9-7-34(8-10-36)39-12-14-42(58)50-44(39)59/h7-11,13,29-33,37,39H,3-6,12,14-28H2,1-2H3,(H,50,58,59)(H,47,48,49,51). The Kier molecular flexibility index (Phi) is 12.0. The summed E-state index contributed by atoms with van der Waals surface area (Å²) in [5.41, 5.74) is 4.85. The lowest BCUT2D eigenvalue weighted by molar-refractivity contribution is -0.134. The van der Waals surface area contributed by atoms with Gasteiger partial charge in [-0.05, 0) is 106 Å². The summed E-state index contributed by atoms with van der Waals surface area (Å²) in [4.78, 5) is 63.0. The van der Waals surface area contributed by atoms with Crippen molar-refractivity contribution in [3.8, 4) is 0 Å². The molecule has 5 aliphatic rings. The van der Waals surface area contributed by atoms with Gasteiger partial charge in [0.25, 0.3) is 5.91 Å². The number of piperidine rings is 3. The van der Waals surface area contributed by atoms with Gasteiger partial charge in [0, 0.05) is 96.2 Å². The highest BCUT2D eigenvalue weighted by atomic mass is 16.2. The van der Waals surface area contributed by atoms with Crippen LogP contribution in [0.5, 0.6) is 0 Å². The number of amides is 3. The number of hydrogen-bond acceptors (Lipinski definition) is 11. The van der Waals surface area contributed by atoms with Crippen molar-refractivity contribution in [3.05, 3.63) is 66.1 Å². The largest absolute Gasteiger partial charge is 0.372 e. The Labute approximate surface area is 353 Å². The minimum absolute atomic E-state index is 0.0104. The van der Waals surface area contributed by atoms with Crippen molar-refractivity contribution in [2.75, 3.05) is 94.7 Å². The summed E-state index contributed by atoms with van der Waals surface area (Å²) in [5.74, 6) is 2.26. The Morgan fingerprint density at radius 3 is 2.05 bits per heavy atom. The van der Waals surface area contributed by atoms with E-state index in [1.54, 1.807) is 25.2 Å². The minimum atomic E-state index is -0.222. The van der Waals surface area contributed by atoms with Crippen molar-refractivity contribution in [2.45, 2.75) is 76.2 Å². The number of anilines is 4. The fourth-order valence-corrected chi connectivity index (χ4v) is 10.5.